The van der Waals surface area contributed by atoms with E-state index in [4.69, 9.17) is 9.84 Å². The van der Waals surface area contributed by atoms with Gasteiger partial charge in [-0.1, -0.05) is 13.3 Å². The van der Waals surface area contributed by atoms with Crippen LogP contribution in [0.1, 0.15) is 33.6 Å². The largest absolute Gasteiger partial charge is 0.480 e. The zero-order valence-electron chi connectivity index (χ0n) is 9.25. The van der Waals surface area contributed by atoms with E-state index in [2.05, 4.69) is 5.32 Å². The SMILES string of the molecule is CCCC(NC(C)COCC)C(=O)O. The molecule has 4 nitrogen and oxygen atoms in total. The van der Waals surface area contributed by atoms with Crippen molar-refractivity contribution in [1.29, 1.82) is 0 Å². The van der Waals surface area contributed by atoms with E-state index in [1.54, 1.807) is 0 Å². The van der Waals surface area contributed by atoms with Crippen LogP contribution in [0.2, 0.25) is 0 Å². The molecule has 0 aliphatic carbocycles. The van der Waals surface area contributed by atoms with Crippen molar-refractivity contribution in [2.24, 2.45) is 0 Å². The normalized spacial score (nSPS) is 15.1. The third-order valence-electron chi connectivity index (χ3n) is 1.93. The molecule has 0 amide bonds. The van der Waals surface area contributed by atoms with Crippen molar-refractivity contribution < 1.29 is 14.6 Å². The number of ether oxygens (including phenoxy) is 1. The molecule has 0 spiro atoms. The molecule has 0 fully saturated rings. The molecule has 0 aliphatic heterocycles. The van der Waals surface area contributed by atoms with Crippen molar-refractivity contribution in [3.8, 4) is 0 Å². The van der Waals surface area contributed by atoms with Crippen LogP contribution in [-0.2, 0) is 9.53 Å². The Balaban J connectivity index is 3.83. The molecule has 0 aromatic heterocycles. The highest BCUT2D eigenvalue weighted by Gasteiger charge is 2.17. The summed E-state index contributed by atoms with van der Waals surface area (Å²) in [7, 11) is 0. The maximum absolute atomic E-state index is 10.8. The quantitative estimate of drug-likeness (QED) is 0.623. The Morgan fingerprint density at radius 3 is 2.57 bits per heavy atom. The number of carboxylic acids is 1. The first kappa shape index (κ1) is 13.4. The highest BCUT2D eigenvalue weighted by molar-refractivity contribution is 5.73. The first-order valence-corrected chi connectivity index (χ1v) is 5.18. The fourth-order valence-corrected chi connectivity index (χ4v) is 1.25. The summed E-state index contributed by atoms with van der Waals surface area (Å²) in [4.78, 5) is 10.8. The number of rotatable bonds is 8. The van der Waals surface area contributed by atoms with Gasteiger partial charge in [0, 0.05) is 12.6 Å². The second-order valence-electron chi connectivity index (χ2n) is 3.41. The van der Waals surface area contributed by atoms with E-state index in [0.29, 0.717) is 19.6 Å². The average molecular weight is 203 g/mol. The van der Waals surface area contributed by atoms with Crippen LogP contribution in [0.4, 0.5) is 0 Å². The van der Waals surface area contributed by atoms with Crippen LogP contribution in [-0.4, -0.2) is 36.4 Å². The predicted octanol–water partition coefficient (Wildman–Crippen LogP) is 1.25. The molecule has 2 N–H and O–H groups in total. The fourth-order valence-electron chi connectivity index (χ4n) is 1.25. The summed E-state index contributed by atoms with van der Waals surface area (Å²) < 4.78 is 5.20. The van der Waals surface area contributed by atoms with Gasteiger partial charge < -0.3 is 9.84 Å². The van der Waals surface area contributed by atoms with Crippen LogP contribution in [0.15, 0.2) is 0 Å². The van der Waals surface area contributed by atoms with Crippen molar-refractivity contribution in [3.63, 3.8) is 0 Å². The Morgan fingerprint density at radius 2 is 2.14 bits per heavy atom. The number of nitrogens with one attached hydrogen (secondary N) is 1. The van der Waals surface area contributed by atoms with E-state index < -0.39 is 12.0 Å². The van der Waals surface area contributed by atoms with Gasteiger partial charge in [-0.25, -0.2) is 0 Å². The molecule has 0 heterocycles. The first-order valence-electron chi connectivity index (χ1n) is 5.18. The lowest BCUT2D eigenvalue weighted by Gasteiger charge is -2.19. The van der Waals surface area contributed by atoms with Crippen molar-refractivity contribution in [1.82, 2.24) is 5.32 Å². The number of hydrogen-bond acceptors (Lipinski definition) is 3. The van der Waals surface area contributed by atoms with Crippen LogP contribution >= 0.6 is 0 Å². The zero-order chi connectivity index (χ0) is 11.0. The molecule has 84 valence electrons. The number of aliphatic carboxylic acids is 1. The van der Waals surface area contributed by atoms with E-state index in [-0.39, 0.29) is 6.04 Å². The minimum atomic E-state index is -0.782. The molecule has 0 aromatic carbocycles. The Morgan fingerprint density at radius 1 is 1.50 bits per heavy atom. The molecule has 4 heteroatoms. The molecular weight excluding hydrogens is 182 g/mol. The van der Waals surface area contributed by atoms with Crippen LogP contribution in [0.3, 0.4) is 0 Å². The van der Waals surface area contributed by atoms with Gasteiger partial charge in [-0.3, -0.25) is 10.1 Å². The molecule has 2 unspecified atom stereocenters. The van der Waals surface area contributed by atoms with Gasteiger partial charge >= 0.3 is 5.97 Å². The van der Waals surface area contributed by atoms with Gasteiger partial charge in [0.25, 0.3) is 0 Å². The van der Waals surface area contributed by atoms with Crippen molar-refractivity contribution in [2.75, 3.05) is 13.2 Å². The monoisotopic (exact) mass is 203 g/mol. The summed E-state index contributed by atoms with van der Waals surface area (Å²) in [6.07, 6.45) is 1.52. The number of hydrogen-bond donors (Lipinski definition) is 2. The van der Waals surface area contributed by atoms with E-state index in [1.165, 1.54) is 0 Å². The van der Waals surface area contributed by atoms with Gasteiger partial charge in [0.05, 0.1) is 6.61 Å². The third kappa shape index (κ3) is 5.94. The average Bonchev–Trinajstić information content (AvgIpc) is 2.14. The second-order valence-corrected chi connectivity index (χ2v) is 3.41. The minimum Gasteiger partial charge on any atom is -0.480 e. The van der Waals surface area contributed by atoms with E-state index in [0.717, 1.165) is 6.42 Å². The molecule has 14 heavy (non-hydrogen) atoms. The smallest absolute Gasteiger partial charge is 0.320 e. The van der Waals surface area contributed by atoms with E-state index in [1.807, 2.05) is 20.8 Å². The van der Waals surface area contributed by atoms with E-state index >= 15 is 0 Å². The maximum Gasteiger partial charge on any atom is 0.320 e. The van der Waals surface area contributed by atoms with Crippen molar-refractivity contribution in [2.45, 2.75) is 45.7 Å². The van der Waals surface area contributed by atoms with Gasteiger partial charge in [0.1, 0.15) is 6.04 Å². The number of carbonyl (C=O) groups is 1. The highest BCUT2D eigenvalue weighted by atomic mass is 16.5. The molecule has 0 radical (unpaired) electrons. The molecule has 0 rings (SSSR count). The minimum absolute atomic E-state index is 0.0857. The molecule has 0 saturated carbocycles. The lowest BCUT2D eigenvalue weighted by atomic mass is 10.1. The Kier molecular flexibility index (Phi) is 7.42. The van der Waals surface area contributed by atoms with Gasteiger partial charge in [-0.15, -0.1) is 0 Å². The van der Waals surface area contributed by atoms with Crippen molar-refractivity contribution >= 4 is 5.97 Å². The fraction of sp³-hybridized carbons (Fsp3) is 0.900. The van der Waals surface area contributed by atoms with Crippen LogP contribution in [0.5, 0.6) is 0 Å². The summed E-state index contributed by atoms with van der Waals surface area (Å²) in [5, 5.41) is 11.9. The Hall–Kier alpha value is -0.610. The highest BCUT2D eigenvalue weighted by Crippen LogP contribution is 1.99. The first-order chi connectivity index (χ1) is 6.61. The topological polar surface area (TPSA) is 58.6 Å². The van der Waals surface area contributed by atoms with Gasteiger partial charge in [0.15, 0.2) is 0 Å². The molecule has 2 atom stereocenters. The third-order valence-corrected chi connectivity index (χ3v) is 1.93. The summed E-state index contributed by atoms with van der Waals surface area (Å²) in [6, 6.07) is -0.363. The predicted molar refractivity (Wildman–Crippen MR) is 55.4 cm³/mol. The molecule has 0 aliphatic rings. The molecule has 0 bridgehead atoms. The number of carboxylic acid groups (broad SMARTS) is 1. The van der Waals surface area contributed by atoms with Crippen LogP contribution in [0.25, 0.3) is 0 Å². The Labute approximate surface area is 85.6 Å². The standard InChI is InChI=1S/C10H21NO3/c1-4-6-9(10(12)13)11-8(3)7-14-5-2/h8-9,11H,4-7H2,1-3H3,(H,12,13). The van der Waals surface area contributed by atoms with Gasteiger partial charge in [-0.05, 0) is 20.3 Å². The maximum atomic E-state index is 10.8. The lowest BCUT2D eigenvalue weighted by molar-refractivity contribution is -0.140. The summed E-state index contributed by atoms with van der Waals surface area (Å²) in [5.41, 5.74) is 0. The summed E-state index contributed by atoms with van der Waals surface area (Å²) in [6.45, 7) is 7.06. The summed E-state index contributed by atoms with van der Waals surface area (Å²) in [5.74, 6) is -0.782. The summed E-state index contributed by atoms with van der Waals surface area (Å²) >= 11 is 0. The zero-order valence-corrected chi connectivity index (χ0v) is 9.25. The van der Waals surface area contributed by atoms with Gasteiger partial charge in [-0.2, -0.15) is 0 Å². The molecule has 0 saturated heterocycles. The Bertz CT molecular complexity index is 161. The van der Waals surface area contributed by atoms with Crippen molar-refractivity contribution in [3.05, 3.63) is 0 Å². The molecular formula is C10H21NO3. The van der Waals surface area contributed by atoms with Gasteiger partial charge in [0.2, 0.25) is 0 Å². The molecule has 0 aromatic rings. The lowest BCUT2D eigenvalue weighted by Crippen LogP contribution is -2.43. The second kappa shape index (κ2) is 7.76. The van der Waals surface area contributed by atoms with E-state index in [9.17, 15) is 4.79 Å². The van der Waals surface area contributed by atoms with Crippen LogP contribution < -0.4 is 5.32 Å². The van der Waals surface area contributed by atoms with Crippen LogP contribution in [0, 0.1) is 0 Å².